The Kier molecular flexibility index (Phi) is 6.72. The van der Waals surface area contributed by atoms with E-state index in [-0.39, 0.29) is 55.5 Å². The summed E-state index contributed by atoms with van der Waals surface area (Å²) in [6.07, 6.45) is 0.592. The smallest absolute Gasteiger partial charge is 0.329 e. The number of nitrogens with two attached hydrogens (primary N) is 1. The van der Waals surface area contributed by atoms with Crippen LogP contribution >= 0.6 is 0 Å². The number of hydrogen-bond acceptors (Lipinski definition) is 7. The second-order valence-corrected chi connectivity index (χ2v) is 9.17. The number of hydrogen-bond donors (Lipinski definition) is 2. The highest BCUT2D eigenvalue weighted by molar-refractivity contribution is 7.89. The Balaban J connectivity index is 1.70. The molecule has 1 fully saturated rings. The number of carbonyl (C=O) groups is 1. The van der Waals surface area contributed by atoms with Gasteiger partial charge in [0.2, 0.25) is 10.0 Å². The largest absolute Gasteiger partial charge is 0.384 e. The van der Waals surface area contributed by atoms with E-state index in [1.54, 1.807) is 4.90 Å². The number of benzene rings is 1. The van der Waals surface area contributed by atoms with E-state index in [4.69, 9.17) is 5.73 Å². The monoisotopic (exact) mass is 453 g/mol. The van der Waals surface area contributed by atoms with Crippen LogP contribution in [0.15, 0.2) is 38.8 Å². The highest BCUT2D eigenvalue weighted by atomic mass is 32.2. The summed E-state index contributed by atoms with van der Waals surface area (Å²) in [5, 5.41) is 0. The highest BCUT2D eigenvalue weighted by Gasteiger charge is 2.30. The summed E-state index contributed by atoms with van der Waals surface area (Å²) < 4.78 is 40.9. The number of nitrogens with one attached hydrogen (secondary N) is 1. The zero-order valence-electron chi connectivity index (χ0n) is 17.0. The molecule has 2 heterocycles. The number of H-pyrrole nitrogens is 1. The molecule has 0 radical (unpaired) electrons. The van der Waals surface area contributed by atoms with Crippen molar-refractivity contribution in [3.05, 3.63) is 56.5 Å². The van der Waals surface area contributed by atoms with Crippen LogP contribution in [-0.2, 0) is 16.6 Å². The summed E-state index contributed by atoms with van der Waals surface area (Å²) in [5.41, 5.74) is 4.15. The summed E-state index contributed by atoms with van der Waals surface area (Å²) in [5.74, 6) is -1.24. The third kappa shape index (κ3) is 4.75. The zero-order valence-corrected chi connectivity index (χ0v) is 17.8. The van der Waals surface area contributed by atoms with E-state index in [9.17, 15) is 27.2 Å². The minimum absolute atomic E-state index is 0.00378. The molecule has 1 aliphatic heterocycles. The van der Waals surface area contributed by atoms with Gasteiger partial charge in [-0.1, -0.05) is 6.92 Å². The molecule has 1 saturated heterocycles. The molecule has 1 aliphatic rings. The predicted molar refractivity (Wildman–Crippen MR) is 112 cm³/mol. The lowest BCUT2D eigenvalue weighted by Crippen LogP contribution is -2.50. The van der Waals surface area contributed by atoms with Gasteiger partial charge in [-0.25, -0.2) is 17.6 Å². The van der Waals surface area contributed by atoms with E-state index in [1.165, 1.54) is 16.4 Å². The minimum atomic E-state index is -3.77. The number of ketones is 1. The second-order valence-electron chi connectivity index (χ2n) is 7.23. The van der Waals surface area contributed by atoms with Crippen LogP contribution in [0.4, 0.5) is 10.2 Å². The third-order valence-electron chi connectivity index (χ3n) is 5.12. The number of aromatic amines is 1. The van der Waals surface area contributed by atoms with Gasteiger partial charge in [0.25, 0.3) is 5.56 Å². The first kappa shape index (κ1) is 22.8. The summed E-state index contributed by atoms with van der Waals surface area (Å²) in [6, 6.07) is 4.59. The Morgan fingerprint density at radius 2 is 1.74 bits per heavy atom. The molecular weight excluding hydrogens is 429 g/mol. The van der Waals surface area contributed by atoms with Crippen LogP contribution in [0.2, 0.25) is 0 Å². The molecule has 31 heavy (non-hydrogen) atoms. The maximum atomic E-state index is 13.1. The number of carbonyl (C=O) groups excluding carboxylic acids is 1. The molecule has 0 aliphatic carbocycles. The van der Waals surface area contributed by atoms with Gasteiger partial charge in [-0.05, 0) is 30.7 Å². The lowest BCUT2D eigenvalue weighted by Gasteiger charge is -2.33. The number of piperazine rings is 1. The Hall–Kier alpha value is -2.83. The van der Waals surface area contributed by atoms with Crippen LogP contribution in [0.3, 0.4) is 0 Å². The van der Waals surface area contributed by atoms with Crippen molar-refractivity contribution in [1.82, 2.24) is 18.8 Å². The van der Waals surface area contributed by atoms with E-state index in [0.29, 0.717) is 6.42 Å². The van der Waals surface area contributed by atoms with Crippen molar-refractivity contribution in [3.63, 3.8) is 0 Å². The molecule has 3 N–H and O–H groups in total. The Labute approximate surface area is 178 Å². The molecular formula is C19H24FN5O5S. The Morgan fingerprint density at radius 3 is 2.32 bits per heavy atom. The quantitative estimate of drug-likeness (QED) is 0.556. The van der Waals surface area contributed by atoms with Crippen molar-refractivity contribution in [2.75, 3.05) is 38.5 Å². The van der Waals surface area contributed by atoms with E-state index in [1.807, 2.05) is 6.92 Å². The normalized spacial score (nSPS) is 15.8. The molecule has 2 aromatic rings. The summed E-state index contributed by atoms with van der Waals surface area (Å²) >= 11 is 0. The van der Waals surface area contributed by atoms with E-state index in [0.717, 1.165) is 16.7 Å². The fourth-order valence-electron chi connectivity index (χ4n) is 3.47. The molecule has 12 heteroatoms. The number of nitrogens with zero attached hydrogens (tertiary/aromatic N) is 3. The van der Waals surface area contributed by atoms with Crippen LogP contribution in [0.5, 0.6) is 0 Å². The van der Waals surface area contributed by atoms with Gasteiger partial charge in [0.15, 0.2) is 5.78 Å². The van der Waals surface area contributed by atoms with Crippen LogP contribution in [0.1, 0.15) is 23.7 Å². The molecule has 0 amide bonds. The molecule has 0 spiro atoms. The average Bonchev–Trinajstić information content (AvgIpc) is 2.71. The number of nitrogen functional groups attached to an aromatic ring is 1. The number of Topliss-reactive ketones (excluding diaryl/α,β-unsaturated/α-hetero) is 1. The summed E-state index contributed by atoms with van der Waals surface area (Å²) in [7, 11) is -3.77. The van der Waals surface area contributed by atoms with Gasteiger partial charge in [-0.2, -0.15) is 4.31 Å². The van der Waals surface area contributed by atoms with Gasteiger partial charge >= 0.3 is 5.69 Å². The lowest BCUT2D eigenvalue weighted by molar-refractivity contribution is 0.0900. The topological polar surface area (TPSA) is 139 Å². The highest BCUT2D eigenvalue weighted by Crippen LogP contribution is 2.18. The maximum Gasteiger partial charge on any atom is 0.329 e. The van der Waals surface area contributed by atoms with Crippen molar-refractivity contribution in [1.29, 1.82) is 0 Å². The van der Waals surface area contributed by atoms with Crippen LogP contribution in [0, 0.1) is 5.82 Å². The summed E-state index contributed by atoms with van der Waals surface area (Å²) in [4.78, 5) is 40.6. The molecule has 0 unspecified atom stereocenters. The second kappa shape index (κ2) is 9.12. The molecule has 3 rings (SSSR count). The molecule has 0 bridgehead atoms. The van der Waals surface area contributed by atoms with Crippen molar-refractivity contribution in [2.45, 2.75) is 24.8 Å². The van der Waals surface area contributed by atoms with Crippen LogP contribution in [0.25, 0.3) is 0 Å². The van der Waals surface area contributed by atoms with E-state index < -0.39 is 32.9 Å². The van der Waals surface area contributed by atoms with Crippen molar-refractivity contribution < 1.29 is 17.6 Å². The van der Waals surface area contributed by atoms with E-state index in [2.05, 4.69) is 4.98 Å². The van der Waals surface area contributed by atoms with E-state index >= 15 is 0 Å². The van der Waals surface area contributed by atoms with Gasteiger partial charge in [0.05, 0.1) is 11.4 Å². The SMILES string of the molecule is CCCn1c(N)c(C(=O)CN2CCN(S(=O)(=O)c3ccc(F)cc3)CC2)c(=O)[nH]c1=O. The number of halogens is 1. The first-order valence-corrected chi connectivity index (χ1v) is 11.2. The van der Waals surface area contributed by atoms with Gasteiger partial charge < -0.3 is 5.73 Å². The number of sulfonamides is 1. The third-order valence-corrected chi connectivity index (χ3v) is 7.03. The van der Waals surface area contributed by atoms with Crippen molar-refractivity contribution in [2.24, 2.45) is 0 Å². The van der Waals surface area contributed by atoms with Gasteiger partial charge in [-0.3, -0.25) is 24.0 Å². The number of aromatic nitrogens is 2. The van der Waals surface area contributed by atoms with Crippen LogP contribution in [-0.4, -0.2) is 65.7 Å². The minimum Gasteiger partial charge on any atom is -0.384 e. The molecule has 1 aromatic carbocycles. The van der Waals surface area contributed by atoms with Gasteiger partial charge in [-0.15, -0.1) is 0 Å². The molecule has 0 atom stereocenters. The lowest BCUT2D eigenvalue weighted by atomic mass is 10.1. The number of anilines is 1. The van der Waals surface area contributed by atoms with Crippen molar-refractivity contribution in [3.8, 4) is 0 Å². The van der Waals surface area contributed by atoms with Gasteiger partial charge in [0.1, 0.15) is 17.2 Å². The van der Waals surface area contributed by atoms with Crippen molar-refractivity contribution >= 4 is 21.6 Å². The standard InChI is InChI=1S/C19H24FN5O5S/c1-2-7-25-17(21)16(18(27)22-19(25)28)15(26)12-23-8-10-24(11-9-23)31(29,30)14-5-3-13(20)4-6-14/h3-6H,2,7-12,21H2,1H3,(H,22,27,28). The average molecular weight is 453 g/mol. The molecule has 10 nitrogen and oxygen atoms in total. The first-order chi connectivity index (χ1) is 14.6. The molecule has 168 valence electrons. The molecule has 1 aromatic heterocycles. The maximum absolute atomic E-state index is 13.1. The fourth-order valence-corrected chi connectivity index (χ4v) is 4.89. The Bertz CT molecular complexity index is 1180. The first-order valence-electron chi connectivity index (χ1n) is 9.79. The zero-order chi connectivity index (χ0) is 22.8. The molecule has 0 saturated carbocycles. The Morgan fingerprint density at radius 1 is 1.13 bits per heavy atom. The summed E-state index contributed by atoms with van der Waals surface area (Å²) in [6.45, 7) is 2.75. The predicted octanol–water partition coefficient (Wildman–Crippen LogP) is -0.143. The van der Waals surface area contributed by atoms with Crippen LogP contribution < -0.4 is 17.0 Å². The fraction of sp³-hybridized carbons (Fsp3) is 0.421. The van der Waals surface area contributed by atoms with Gasteiger partial charge in [0, 0.05) is 32.7 Å². The number of rotatable bonds is 7.